The molecule has 0 saturated carbocycles. The van der Waals surface area contributed by atoms with Gasteiger partial charge in [-0.1, -0.05) is 0 Å². The Labute approximate surface area is 118 Å². The van der Waals surface area contributed by atoms with Crippen LogP contribution in [0.15, 0.2) is 0 Å². The summed E-state index contributed by atoms with van der Waals surface area (Å²) < 4.78 is 36.9. The fraction of sp³-hybridized carbons (Fsp3) is 0.750. The molecule has 21 heavy (non-hydrogen) atoms. The molecule has 0 unspecified atom stereocenters. The monoisotopic (exact) mass is 308 g/mol. The van der Waals surface area contributed by atoms with E-state index in [1.54, 1.807) is 0 Å². The van der Waals surface area contributed by atoms with Gasteiger partial charge in [0.15, 0.2) is 0 Å². The number of hydrogen-bond acceptors (Lipinski definition) is 3. The van der Waals surface area contributed by atoms with Crippen molar-refractivity contribution in [2.75, 3.05) is 26.2 Å². The molecule has 2 aliphatic heterocycles. The molecule has 2 amide bonds. The summed E-state index contributed by atoms with van der Waals surface area (Å²) in [5.74, 6) is -3.58. The zero-order chi connectivity index (χ0) is 15.8. The second kappa shape index (κ2) is 5.53. The third-order valence-corrected chi connectivity index (χ3v) is 3.78. The standard InChI is InChI=1S/C12H15F3N2O4/c13-12(14,15)6-17-5-8(3-9(17)18)10(19)16-2-1-7(4-16)11(20)21/h7-8H,1-6H2,(H,20,21)/t7-,8+/m0/s1. The van der Waals surface area contributed by atoms with E-state index in [0.717, 1.165) is 0 Å². The summed E-state index contributed by atoms with van der Waals surface area (Å²) in [5.41, 5.74) is 0. The number of carbonyl (C=O) groups excluding carboxylic acids is 2. The van der Waals surface area contributed by atoms with Gasteiger partial charge in [0.1, 0.15) is 6.54 Å². The first-order chi connectivity index (χ1) is 9.67. The molecule has 0 spiro atoms. The van der Waals surface area contributed by atoms with Crippen molar-refractivity contribution in [2.45, 2.75) is 19.0 Å². The van der Waals surface area contributed by atoms with Crippen molar-refractivity contribution in [2.24, 2.45) is 11.8 Å². The van der Waals surface area contributed by atoms with Gasteiger partial charge in [0.2, 0.25) is 11.8 Å². The average molecular weight is 308 g/mol. The molecule has 118 valence electrons. The minimum Gasteiger partial charge on any atom is -0.481 e. The van der Waals surface area contributed by atoms with E-state index < -0.39 is 42.3 Å². The molecule has 2 aliphatic rings. The number of likely N-dealkylation sites (tertiary alicyclic amines) is 2. The predicted molar refractivity (Wildman–Crippen MR) is 63.1 cm³/mol. The van der Waals surface area contributed by atoms with E-state index in [2.05, 4.69) is 0 Å². The van der Waals surface area contributed by atoms with Gasteiger partial charge < -0.3 is 14.9 Å². The Morgan fingerprint density at radius 2 is 1.90 bits per heavy atom. The molecule has 0 bridgehead atoms. The maximum Gasteiger partial charge on any atom is 0.406 e. The van der Waals surface area contributed by atoms with Crippen molar-refractivity contribution >= 4 is 17.8 Å². The van der Waals surface area contributed by atoms with Crippen LogP contribution in [0.4, 0.5) is 13.2 Å². The zero-order valence-electron chi connectivity index (χ0n) is 11.1. The molecule has 9 heteroatoms. The largest absolute Gasteiger partial charge is 0.481 e. The summed E-state index contributed by atoms with van der Waals surface area (Å²) in [5, 5.41) is 8.86. The second-order valence-corrected chi connectivity index (χ2v) is 5.40. The fourth-order valence-electron chi connectivity index (χ4n) is 2.73. The summed E-state index contributed by atoms with van der Waals surface area (Å²) in [7, 11) is 0. The van der Waals surface area contributed by atoms with Crippen LogP contribution in [-0.2, 0) is 14.4 Å². The lowest BCUT2D eigenvalue weighted by molar-refractivity contribution is -0.157. The Morgan fingerprint density at radius 1 is 1.24 bits per heavy atom. The Kier molecular flexibility index (Phi) is 4.11. The fourth-order valence-corrected chi connectivity index (χ4v) is 2.73. The quantitative estimate of drug-likeness (QED) is 0.815. The zero-order valence-corrected chi connectivity index (χ0v) is 11.1. The molecule has 0 aliphatic carbocycles. The molecular weight excluding hydrogens is 293 g/mol. The lowest BCUT2D eigenvalue weighted by Crippen LogP contribution is -2.38. The van der Waals surface area contributed by atoms with Gasteiger partial charge in [-0.15, -0.1) is 0 Å². The number of aliphatic carboxylic acids is 1. The molecule has 6 nitrogen and oxygen atoms in total. The lowest BCUT2D eigenvalue weighted by atomic mass is 10.1. The van der Waals surface area contributed by atoms with Crippen molar-refractivity contribution in [1.29, 1.82) is 0 Å². The molecule has 2 heterocycles. The number of hydrogen-bond donors (Lipinski definition) is 1. The van der Waals surface area contributed by atoms with Crippen molar-refractivity contribution in [3.63, 3.8) is 0 Å². The van der Waals surface area contributed by atoms with Gasteiger partial charge in [-0.05, 0) is 6.42 Å². The van der Waals surface area contributed by atoms with Gasteiger partial charge >= 0.3 is 12.1 Å². The van der Waals surface area contributed by atoms with E-state index in [1.165, 1.54) is 4.90 Å². The van der Waals surface area contributed by atoms with E-state index in [9.17, 15) is 27.6 Å². The van der Waals surface area contributed by atoms with Crippen LogP contribution in [0.5, 0.6) is 0 Å². The van der Waals surface area contributed by atoms with Crippen LogP contribution in [0.3, 0.4) is 0 Å². The maximum atomic E-state index is 12.3. The van der Waals surface area contributed by atoms with Crippen LogP contribution < -0.4 is 0 Å². The highest BCUT2D eigenvalue weighted by atomic mass is 19.4. The number of carbonyl (C=O) groups is 3. The van der Waals surface area contributed by atoms with Gasteiger partial charge in [-0.25, -0.2) is 0 Å². The highest BCUT2D eigenvalue weighted by molar-refractivity contribution is 5.89. The molecule has 0 aromatic carbocycles. The van der Waals surface area contributed by atoms with Crippen molar-refractivity contribution in [3.8, 4) is 0 Å². The minimum atomic E-state index is -4.49. The number of amides is 2. The number of nitrogens with zero attached hydrogens (tertiary/aromatic N) is 2. The number of rotatable bonds is 3. The van der Waals surface area contributed by atoms with E-state index >= 15 is 0 Å². The highest BCUT2D eigenvalue weighted by Gasteiger charge is 2.43. The first-order valence-electron chi connectivity index (χ1n) is 6.53. The average Bonchev–Trinajstić information content (AvgIpc) is 2.94. The molecule has 1 N–H and O–H groups in total. The molecule has 2 rings (SSSR count). The Morgan fingerprint density at radius 3 is 2.43 bits per heavy atom. The number of carboxylic acids is 1. The first kappa shape index (κ1) is 15.6. The van der Waals surface area contributed by atoms with Crippen LogP contribution in [-0.4, -0.2) is 65.0 Å². The van der Waals surface area contributed by atoms with Crippen molar-refractivity contribution < 1.29 is 32.7 Å². The summed E-state index contributed by atoms with van der Waals surface area (Å²) >= 11 is 0. The predicted octanol–water partition coefficient (Wildman–Crippen LogP) is 0.330. The summed E-state index contributed by atoms with van der Waals surface area (Å²) in [6, 6.07) is 0. The molecule has 2 fully saturated rings. The van der Waals surface area contributed by atoms with Gasteiger partial charge in [0.25, 0.3) is 0 Å². The molecule has 0 aromatic rings. The summed E-state index contributed by atoms with van der Waals surface area (Å²) in [6.07, 6.45) is -4.41. The Balaban J connectivity index is 1.93. The number of alkyl halides is 3. The van der Waals surface area contributed by atoms with Crippen LogP contribution in [0.2, 0.25) is 0 Å². The summed E-state index contributed by atoms with van der Waals surface area (Å²) in [4.78, 5) is 36.4. The topological polar surface area (TPSA) is 77.9 Å². The number of halogens is 3. The van der Waals surface area contributed by atoms with Gasteiger partial charge in [-0.2, -0.15) is 13.2 Å². The van der Waals surface area contributed by atoms with E-state index in [0.29, 0.717) is 11.3 Å². The van der Waals surface area contributed by atoms with Crippen molar-refractivity contribution in [3.05, 3.63) is 0 Å². The van der Waals surface area contributed by atoms with Gasteiger partial charge in [-0.3, -0.25) is 14.4 Å². The second-order valence-electron chi connectivity index (χ2n) is 5.40. The Bertz CT molecular complexity index is 466. The minimum absolute atomic E-state index is 0.0537. The summed E-state index contributed by atoms with van der Waals surface area (Å²) in [6.45, 7) is -1.29. The highest BCUT2D eigenvalue weighted by Crippen LogP contribution is 2.27. The van der Waals surface area contributed by atoms with Crippen LogP contribution in [0, 0.1) is 11.8 Å². The van der Waals surface area contributed by atoms with Crippen LogP contribution in [0.25, 0.3) is 0 Å². The van der Waals surface area contributed by atoms with Crippen molar-refractivity contribution in [1.82, 2.24) is 9.80 Å². The SMILES string of the molecule is O=C(O)[C@H]1CCN(C(=O)[C@@H]2CC(=O)N(CC(F)(F)F)C2)C1. The van der Waals surface area contributed by atoms with Gasteiger partial charge in [0, 0.05) is 26.1 Å². The smallest absolute Gasteiger partial charge is 0.406 e. The van der Waals surface area contributed by atoms with E-state index in [-0.39, 0.29) is 26.1 Å². The maximum absolute atomic E-state index is 12.3. The normalized spacial score (nSPS) is 26.5. The molecule has 0 radical (unpaired) electrons. The van der Waals surface area contributed by atoms with E-state index in [1.807, 2.05) is 0 Å². The first-order valence-corrected chi connectivity index (χ1v) is 6.53. The third kappa shape index (κ3) is 3.64. The number of carboxylic acid groups (broad SMARTS) is 1. The van der Waals surface area contributed by atoms with Crippen LogP contribution >= 0.6 is 0 Å². The molecular formula is C12H15F3N2O4. The van der Waals surface area contributed by atoms with Gasteiger partial charge in [0.05, 0.1) is 11.8 Å². The molecule has 2 saturated heterocycles. The third-order valence-electron chi connectivity index (χ3n) is 3.78. The Hall–Kier alpha value is -1.80. The lowest BCUT2D eigenvalue weighted by Gasteiger charge is -2.21. The van der Waals surface area contributed by atoms with Crippen LogP contribution in [0.1, 0.15) is 12.8 Å². The molecule has 2 atom stereocenters. The molecule has 0 aromatic heterocycles. The van der Waals surface area contributed by atoms with E-state index in [4.69, 9.17) is 5.11 Å².